The maximum absolute atomic E-state index is 14.1. The summed E-state index contributed by atoms with van der Waals surface area (Å²) in [7, 11) is -1.06. The maximum Gasteiger partial charge on any atom is 0.262 e. The Bertz CT molecular complexity index is 1820. The number of nitrogens with one attached hydrogen (secondary N) is 1. The van der Waals surface area contributed by atoms with Crippen molar-refractivity contribution in [3.63, 3.8) is 0 Å². The van der Waals surface area contributed by atoms with Gasteiger partial charge in [0.25, 0.3) is 5.91 Å². The number of carbonyl (C=O) groups is 1. The minimum Gasteiger partial charge on any atom is -0.490 e. The molecule has 3 heterocycles. The first-order valence-electron chi connectivity index (χ1n) is 19.8. The summed E-state index contributed by atoms with van der Waals surface area (Å²) in [5.41, 5.74) is 3.47. The lowest BCUT2D eigenvalue weighted by Gasteiger charge is -2.52. The Hall–Kier alpha value is -2.56. The summed E-state index contributed by atoms with van der Waals surface area (Å²) in [5.74, 6) is 5.23. The Morgan fingerprint density at radius 2 is 1.87 bits per heavy atom. The zero-order valence-electron chi connectivity index (χ0n) is 32.8. The summed E-state index contributed by atoms with van der Waals surface area (Å²) in [4.78, 5) is 21.5. The lowest BCUT2D eigenvalue weighted by Crippen LogP contribution is -2.60. The average Bonchev–Trinajstić information content (AvgIpc) is 3.25. The van der Waals surface area contributed by atoms with E-state index in [4.69, 9.17) is 21.1 Å². The number of anilines is 1. The number of benzene rings is 2. The van der Waals surface area contributed by atoms with Crippen molar-refractivity contribution in [1.29, 1.82) is 0 Å². The van der Waals surface area contributed by atoms with Gasteiger partial charge in [-0.1, -0.05) is 36.7 Å². The minimum absolute atomic E-state index is 0.0342. The number of aryl methyl sites for hydroxylation is 1. The molecule has 2 aromatic rings. The molecular weight excluding hydrogens is 704 g/mol. The largest absolute Gasteiger partial charge is 0.490 e. The van der Waals surface area contributed by atoms with Crippen LogP contribution in [-0.4, -0.2) is 102 Å². The van der Waals surface area contributed by atoms with Gasteiger partial charge in [0.05, 0.1) is 22.0 Å². The van der Waals surface area contributed by atoms with Crippen LogP contribution in [0.2, 0.25) is 5.02 Å². The number of amides is 1. The lowest BCUT2D eigenvalue weighted by molar-refractivity contribution is -0.0975. The Morgan fingerprint density at radius 3 is 2.57 bits per heavy atom. The van der Waals surface area contributed by atoms with Crippen molar-refractivity contribution >= 4 is 38.8 Å². The second kappa shape index (κ2) is 14.8. The second-order valence-corrected chi connectivity index (χ2v) is 20.6. The standard InChI is InChI=1S/C43H61ClN4O4S/c1-30-10-8-19-43(51-6,28-46-20-22-48(23-21-46)41(3,4)5)37-15-12-34(37)26-47-27-42(18-9-11-32-24-35(44)14-16-36(32)42)29-52-39-17-13-33(25-38(39)47)40(49)45-53(7,50)31(30)2/h8,13-14,16-17,19,24-25,30-31,34,37H,7,9-12,15,18,20-23,26-29H2,1-6H3,(H,45,49,50)/b19-8+/t30-,31+,34-,37+,42-,43-,53?/m0/s1. The number of hydrogen-bond acceptors (Lipinski definition) is 7. The van der Waals surface area contributed by atoms with Crippen LogP contribution in [0.25, 0.3) is 0 Å². The van der Waals surface area contributed by atoms with Gasteiger partial charge in [0.2, 0.25) is 0 Å². The molecule has 1 saturated carbocycles. The van der Waals surface area contributed by atoms with E-state index in [9.17, 15) is 9.00 Å². The molecular formula is C43H61ClN4O4S. The molecule has 7 atom stereocenters. The normalized spacial score (nSPS) is 34.9. The number of fused-ring (bicyclic) bond motifs is 4. The van der Waals surface area contributed by atoms with E-state index in [-0.39, 0.29) is 28.0 Å². The van der Waals surface area contributed by atoms with Gasteiger partial charge in [0, 0.05) is 79.7 Å². The predicted octanol–water partition coefficient (Wildman–Crippen LogP) is 6.99. The zero-order chi connectivity index (χ0) is 37.8. The van der Waals surface area contributed by atoms with Crippen molar-refractivity contribution in [3.05, 3.63) is 70.3 Å². The van der Waals surface area contributed by atoms with Gasteiger partial charge in [-0.25, -0.2) is 4.21 Å². The number of hydrogen-bond donors (Lipinski definition) is 1. The number of carbonyl (C=O) groups excluding carboxylic acids is 1. The first kappa shape index (κ1) is 38.7. The quantitative estimate of drug-likeness (QED) is 0.267. The van der Waals surface area contributed by atoms with E-state index in [1.807, 2.05) is 32.2 Å². The molecule has 1 unspecified atom stereocenters. The molecule has 1 saturated heterocycles. The van der Waals surface area contributed by atoms with Crippen LogP contribution in [0.15, 0.2) is 48.6 Å². The first-order valence-corrected chi connectivity index (χ1v) is 22.0. The van der Waals surface area contributed by atoms with E-state index in [1.165, 1.54) is 11.1 Å². The van der Waals surface area contributed by atoms with Gasteiger partial charge in [-0.2, -0.15) is 0 Å². The summed E-state index contributed by atoms with van der Waals surface area (Å²) < 4.78 is 30.4. The fourth-order valence-corrected chi connectivity index (χ4v) is 11.5. The highest BCUT2D eigenvalue weighted by molar-refractivity contribution is 7.99. The van der Waals surface area contributed by atoms with E-state index in [2.05, 4.69) is 77.3 Å². The van der Waals surface area contributed by atoms with Crippen LogP contribution in [-0.2, 0) is 26.3 Å². The van der Waals surface area contributed by atoms with Crippen molar-refractivity contribution in [2.24, 2.45) is 17.8 Å². The highest BCUT2D eigenvalue weighted by atomic mass is 35.5. The van der Waals surface area contributed by atoms with Crippen LogP contribution in [0.1, 0.15) is 88.2 Å². The number of nitrogens with zero attached hydrogens (tertiary/aromatic N) is 3. The molecule has 3 aliphatic heterocycles. The van der Waals surface area contributed by atoms with Crippen molar-refractivity contribution < 1.29 is 18.5 Å². The molecule has 1 spiro atoms. The third-order valence-electron chi connectivity index (χ3n) is 13.5. The Kier molecular flexibility index (Phi) is 10.8. The van der Waals surface area contributed by atoms with Crippen molar-refractivity contribution in [3.8, 4) is 5.75 Å². The molecule has 290 valence electrons. The van der Waals surface area contributed by atoms with E-state index in [0.29, 0.717) is 24.0 Å². The highest BCUT2D eigenvalue weighted by Gasteiger charge is 2.50. The Labute approximate surface area is 323 Å². The molecule has 2 aromatic carbocycles. The molecule has 2 bridgehead atoms. The van der Waals surface area contributed by atoms with Crippen LogP contribution in [0.5, 0.6) is 5.75 Å². The third kappa shape index (κ3) is 7.67. The van der Waals surface area contributed by atoms with Gasteiger partial charge in [0.1, 0.15) is 11.4 Å². The van der Waals surface area contributed by atoms with Crippen LogP contribution >= 0.6 is 11.6 Å². The number of ether oxygens (including phenoxy) is 2. The molecule has 10 heteroatoms. The predicted molar refractivity (Wildman–Crippen MR) is 219 cm³/mol. The van der Waals surface area contributed by atoms with Gasteiger partial charge in [-0.15, -0.1) is 0 Å². The first-order chi connectivity index (χ1) is 25.1. The Morgan fingerprint density at radius 1 is 1.09 bits per heavy atom. The molecule has 7 rings (SSSR count). The number of halogens is 1. The molecule has 1 amide bonds. The fraction of sp³-hybridized carbons (Fsp3) is 0.628. The number of piperazine rings is 1. The fourth-order valence-electron chi connectivity index (χ4n) is 9.83. The number of allylic oxidation sites excluding steroid dienone is 1. The van der Waals surface area contributed by atoms with E-state index in [1.54, 1.807) is 6.07 Å². The zero-order valence-corrected chi connectivity index (χ0v) is 34.4. The molecule has 5 aliphatic rings. The van der Waals surface area contributed by atoms with Gasteiger partial charge in [-0.05, 0) is 131 Å². The minimum atomic E-state index is -2.95. The van der Waals surface area contributed by atoms with Gasteiger partial charge < -0.3 is 14.4 Å². The molecule has 8 nitrogen and oxygen atoms in total. The van der Waals surface area contributed by atoms with Crippen molar-refractivity contribution in [1.82, 2.24) is 14.5 Å². The van der Waals surface area contributed by atoms with Crippen LogP contribution in [0.4, 0.5) is 5.69 Å². The van der Waals surface area contributed by atoms with Gasteiger partial charge in [0.15, 0.2) is 0 Å². The van der Waals surface area contributed by atoms with Crippen LogP contribution in [0.3, 0.4) is 0 Å². The van der Waals surface area contributed by atoms with E-state index >= 15 is 0 Å². The highest BCUT2D eigenvalue weighted by Crippen LogP contribution is 2.49. The summed E-state index contributed by atoms with van der Waals surface area (Å²) in [6.45, 7) is 18.1. The summed E-state index contributed by atoms with van der Waals surface area (Å²) in [6.07, 6.45) is 10.6. The van der Waals surface area contributed by atoms with Crippen LogP contribution < -0.4 is 14.4 Å². The second-order valence-electron chi connectivity index (χ2n) is 17.8. The molecule has 0 radical (unpaired) electrons. The van der Waals surface area contributed by atoms with E-state index in [0.717, 1.165) is 101 Å². The molecule has 2 aliphatic carbocycles. The lowest BCUT2D eigenvalue weighted by atomic mass is 9.63. The maximum atomic E-state index is 14.1. The number of rotatable bonds is 3. The van der Waals surface area contributed by atoms with E-state index < -0.39 is 15.3 Å². The molecule has 2 fully saturated rings. The molecule has 0 aromatic heterocycles. The SMILES string of the molecule is C=S1(=O)NC(=O)c2ccc3c(c2)N(C[C@@H]2CC[C@H]2[C@](CN2CCN(C(C)(C)C)CC2)(OC)/C=C/C[C@H](C)[C@H]1C)C[C@@]1(CCCc2cc(Cl)ccc21)CO3. The summed E-state index contributed by atoms with van der Waals surface area (Å²) >= 11 is 6.52. The third-order valence-corrected chi connectivity index (χ3v) is 16.0. The molecule has 1 N–H and O–H groups in total. The van der Waals surface area contributed by atoms with Gasteiger partial charge in [-0.3, -0.25) is 19.3 Å². The summed E-state index contributed by atoms with van der Waals surface area (Å²) in [6, 6.07) is 12.0. The Balaban J connectivity index is 1.28. The summed E-state index contributed by atoms with van der Waals surface area (Å²) in [5, 5.41) is 0.439. The van der Waals surface area contributed by atoms with Crippen molar-refractivity contribution in [2.45, 2.75) is 94.9 Å². The molecule has 53 heavy (non-hydrogen) atoms. The van der Waals surface area contributed by atoms with Gasteiger partial charge >= 0.3 is 0 Å². The topological polar surface area (TPSA) is 74.4 Å². The van der Waals surface area contributed by atoms with Crippen LogP contribution in [0, 0.1) is 17.8 Å². The van der Waals surface area contributed by atoms with Crippen molar-refractivity contribution in [2.75, 3.05) is 64.4 Å². The number of methoxy groups -OCH3 is 1. The average molecular weight is 766 g/mol. The monoisotopic (exact) mass is 764 g/mol. The smallest absolute Gasteiger partial charge is 0.262 e.